The Labute approximate surface area is 103 Å². The molecule has 5 nitrogen and oxygen atoms in total. The van der Waals surface area contributed by atoms with E-state index in [1.807, 2.05) is 0 Å². The molecule has 0 aromatic heterocycles. The zero-order chi connectivity index (χ0) is 13.7. The van der Waals surface area contributed by atoms with E-state index >= 15 is 0 Å². The molecule has 0 amide bonds. The average molecular weight is 247 g/mol. The Kier molecular flexibility index (Phi) is 4.16. The van der Waals surface area contributed by atoms with Gasteiger partial charge in [-0.2, -0.15) is 9.65 Å². The number of hydrogen-bond donors (Lipinski definition) is 1. The molecule has 1 rings (SSSR count). The van der Waals surface area contributed by atoms with Crippen LogP contribution in [0, 0.1) is 27.3 Å². The number of hydrogen-bond acceptors (Lipinski definition) is 4. The first kappa shape index (κ1) is 13.4. The lowest BCUT2D eigenvalue weighted by atomic mass is 10.1. The molecule has 0 bridgehead atoms. The second kappa shape index (κ2) is 5.59. The van der Waals surface area contributed by atoms with Crippen molar-refractivity contribution in [1.82, 2.24) is 0 Å². The molecule has 1 aromatic carbocycles. The fourth-order valence-electron chi connectivity index (χ4n) is 1.33. The number of nitrogens with one attached hydrogen (secondary N) is 1. The lowest BCUT2D eigenvalue weighted by Gasteiger charge is -2.08. The Morgan fingerprint density at radius 3 is 2.83 bits per heavy atom. The summed E-state index contributed by atoms with van der Waals surface area (Å²) in [6, 6.07) is 3.61. The number of rotatable bonds is 4. The van der Waals surface area contributed by atoms with Crippen LogP contribution in [0.4, 0.5) is 15.8 Å². The minimum Gasteiger partial charge on any atom is -0.358 e. The number of halogens is 1. The molecule has 0 radical (unpaired) electrons. The standard InChI is InChI=1S/C12H10FN3O2/c1-3-4-8(2)15-11-6-10(13)12(16(17)18)5-9(11)7-14/h3-6,15H,1H2,2H3/b8-4+. The van der Waals surface area contributed by atoms with E-state index in [4.69, 9.17) is 5.26 Å². The van der Waals surface area contributed by atoms with Crippen molar-refractivity contribution in [2.45, 2.75) is 6.92 Å². The third-order valence-electron chi connectivity index (χ3n) is 2.10. The number of nitriles is 1. The summed E-state index contributed by atoms with van der Waals surface area (Å²) in [5.74, 6) is -0.993. The molecule has 0 saturated carbocycles. The van der Waals surface area contributed by atoms with Crippen molar-refractivity contribution in [2.24, 2.45) is 0 Å². The number of nitro groups is 1. The first-order valence-electron chi connectivity index (χ1n) is 4.94. The van der Waals surface area contributed by atoms with E-state index in [0.717, 1.165) is 12.1 Å². The smallest absolute Gasteiger partial charge is 0.306 e. The summed E-state index contributed by atoms with van der Waals surface area (Å²) in [6.45, 7) is 5.19. The Balaban J connectivity index is 3.26. The summed E-state index contributed by atoms with van der Waals surface area (Å²) >= 11 is 0. The third kappa shape index (κ3) is 2.92. The fourth-order valence-corrected chi connectivity index (χ4v) is 1.33. The van der Waals surface area contributed by atoms with E-state index < -0.39 is 16.4 Å². The number of allylic oxidation sites excluding steroid dienone is 3. The van der Waals surface area contributed by atoms with E-state index in [0.29, 0.717) is 5.70 Å². The molecular weight excluding hydrogens is 237 g/mol. The molecule has 6 heteroatoms. The van der Waals surface area contributed by atoms with Crippen molar-refractivity contribution in [1.29, 1.82) is 5.26 Å². The van der Waals surface area contributed by atoms with Crippen molar-refractivity contribution in [3.63, 3.8) is 0 Å². The molecule has 0 spiro atoms. The van der Waals surface area contributed by atoms with E-state index in [9.17, 15) is 14.5 Å². The third-order valence-corrected chi connectivity index (χ3v) is 2.10. The maximum atomic E-state index is 13.4. The van der Waals surface area contributed by atoms with Gasteiger partial charge in [-0.25, -0.2) is 0 Å². The van der Waals surface area contributed by atoms with Crippen molar-refractivity contribution in [3.05, 3.63) is 58.1 Å². The van der Waals surface area contributed by atoms with Gasteiger partial charge in [-0.05, 0) is 13.0 Å². The zero-order valence-corrected chi connectivity index (χ0v) is 9.61. The predicted octanol–water partition coefficient (Wildman–Crippen LogP) is 3.11. The van der Waals surface area contributed by atoms with Crippen LogP contribution >= 0.6 is 0 Å². The quantitative estimate of drug-likeness (QED) is 0.503. The SMILES string of the molecule is C=C/C=C(\C)Nc1cc(F)c([N+](=O)[O-])cc1C#N. The van der Waals surface area contributed by atoms with Crippen LogP contribution in [-0.4, -0.2) is 4.92 Å². The van der Waals surface area contributed by atoms with Crippen LogP contribution in [0.1, 0.15) is 12.5 Å². The van der Waals surface area contributed by atoms with Gasteiger partial charge in [-0.3, -0.25) is 10.1 Å². The molecule has 0 saturated heterocycles. The molecule has 0 atom stereocenters. The van der Waals surface area contributed by atoms with Crippen molar-refractivity contribution in [3.8, 4) is 6.07 Å². The van der Waals surface area contributed by atoms with Gasteiger partial charge in [0.15, 0.2) is 0 Å². The number of nitrogens with zero attached hydrogens (tertiary/aromatic N) is 2. The Hall–Kier alpha value is -2.68. The fraction of sp³-hybridized carbons (Fsp3) is 0.0833. The summed E-state index contributed by atoms with van der Waals surface area (Å²) in [5, 5.41) is 22.2. The van der Waals surface area contributed by atoms with Crippen LogP contribution in [0.5, 0.6) is 0 Å². The summed E-state index contributed by atoms with van der Waals surface area (Å²) in [6.07, 6.45) is 3.15. The molecule has 92 valence electrons. The van der Waals surface area contributed by atoms with E-state index in [2.05, 4.69) is 11.9 Å². The lowest BCUT2D eigenvalue weighted by molar-refractivity contribution is -0.387. The highest BCUT2D eigenvalue weighted by atomic mass is 19.1. The molecule has 18 heavy (non-hydrogen) atoms. The topological polar surface area (TPSA) is 79.0 Å². The van der Waals surface area contributed by atoms with Crippen LogP contribution < -0.4 is 5.32 Å². The van der Waals surface area contributed by atoms with Gasteiger partial charge < -0.3 is 5.32 Å². The van der Waals surface area contributed by atoms with Gasteiger partial charge >= 0.3 is 5.69 Å². The first-order valence-corrected chi connectivity index (χ1v) is 4.94. The Morgan fingerprint density at radius 1 is 1.67 bits per heavy atom. The van der Waals surface area contributed by atoms with Crippen molar-refractivity contribution in [2.75, 3.05) is 5.32 Å². The molecule has 0 fully saturated rings. The minimum atomic E-state index is -0.993. The van der Waals surface area contributed by atoms with E-state index in [-0.39, 0.29) is 11.3 Å². The Morgan fingerprint density at radius 2 is 2.33 bits per heavy atom. The van der Waals surface area contributed by atoms with Crippen LogP contribution in [-0.2, 0) is 0 Å². The number of benzene rings is 1. The predicted molar refractivity (Wildman–Crippen MR) is 65.3 cm³/mol. The van der Waals surface area contributed by atoms with Gasteiger partial charge in [0, 0.05) is 17.8 Å². The highest BCUT2D eigenvalue weighted by Gasteiger charge is 2.18. The van der Waals surface area contributed by atoms with Crippen LogP contribution in [0.25, 0.3) is 0 Å². The second-order valence-corrected chi connectivity index (χ2v) is 3.43. The molecule has 0 heterocycles. The van der Waals surface area contributed by atoms with E-state index in [1.165, 1.54) is 6.08 Å². The molecule has 0 aliphatic heterocycles. The highest BCUT2D eigenvalue weighted by Crippen LogP contribution is 2.26. The lowest BCUT2D eigenvalue weighted by Crippen LogP contribution is -2.01. The van der Waals surface area contributed by atoms with Gasteiger partial charge in [0.2, 0.25) is 5.82 Å². The Bertz CT molecular complexity index is 573. The second-order valence-electron chi connectivity index (χ2n) is 3.43. The first-order chi connectivity index (χ1) is 8.49. The highest BCUT2D eigenvalue weighted by molar-refractivity contribution is 5.64. The monoisotopic (exact) mass is 247 g/mol. The largest absolute Gasteiger partial charge is 0.358 e. The van der Waals surface area contributed by atoms with Gasteiger partial charge in [-0.1, -0.05) is 12.7 Å². The summed E-state index contributed by atoms with van der Waals surface area (Å²) < 4.78 is 13.4. The zero-order valence-electron chi connectivity index (χ0n) is 9.61. The van der Waals surface area contributed by atoms with Gasteiger partial charge in [0.25, 0.3) is 0 Å². The normalized spacial score (nSPS) is 10.6. The van der Waals surface area contributed by atoms with Gasteiger partial charge in [0.05, 0.1) is 16.2 Å². The molecule has 0 aliphatic rings. The number of nitro benzene ring substituents is 1. The molecule has 1 N–H and O–H groups in total. The maximum Gasteiger partial charge on any atom is 0.306 e. The number of anilines is 1. The summed E-state index contributed by atoms with van der Waals surface area (Å²) in [4.78, 5) is 9.67. The summed E-state index contributed by atoms with van der Waals surface area (Å²) in [7, 11) is 0. The van der Waals surface area contributed by atoms with Gasteiger partial charge in [-0.15, -0.1) is 0 Å². The maximum absolute atomic E-state index is 13.4. The minimum absolute atomic E-state index is 0.0000813. The van der Waals surface area contributed by atoms with Crippen LogP contribution in [0.3, 0.4) is 0 Å². The molecule has 1 aromatic rings. The molecular formula is C12H10FN3O2. The summed E-state index contributed by atoms with van der Waals surface area (Å²) in [5.41, 5.74) is 0.0910. The van der Waals surface area contributed by atoms with Gasteiger partial charge in [0.1, 0.15) is 6.07 Å². The van der Waals surface area contributed by atoms with Crippen LogP contribution in [0.2, 0.25) is 0 Å². The molecule has 0 aliphatic carbocycles. The van der Waals surface area contributed by atoms with Crippen molar-refractivity contribution < 1.29 is 9.31 Å². The van der Waals surface area contributed by atoms with E-state index in [1.54, 1.807) is 19.1 Å². The van der Waals surface area contributed by atoms with Crippen LogP contribution in [0.15, 0.2) is 36.6 Å². The molecule has 0 unspecified atom stereocenters. The average Bonchev–Trinajstić information content (AvgIpc) is 2.29. The van der Waals surface area contributed by atoms with Crippen molar-refractivity contribution >= 4 is 11.4 Å².